The number of fused-ring (bicyclic) bond motifs is 1. The van der Waals surface area contributed by atoms with Gasteiger partial charge in [0.25, 0.3) is 11.8 Å². The molecule has 3 aromatic carbocycles. The molecule has 1 heterocycles. The van der Waals surface area contributed by atoms with Gasteiger partial charge in [0.2, 0.25) is 0 Å². The summed E-state index contributed by atoms with van der Waals surface area (Å²) in [5, 5.41) is 0.448. The summed E-state index contributed by atoms with van der Waals surface area (Å²) < 4.78 is 0. The van der Waals surface area contributed by atoms with Crippen molar-refractivity contribution < 1.29 is 9.59 Å². The van der Waals surface area contributed by atoms with E-state index in [2.05, 4.69) is 0 Å². The number of carbonyl (C=O) groups is 2. The van der Waals surface area contributed by atoms with Crippen LogP contribution in [-0.4, -0.2) is 22.4 Å². The average Bonchev–Trinajstić information content (AvgIpc) is 2.94. The van der Waals surface area contributed by atoms with E-state index in [0.29, 0.717) is 12.8 Å². The Bertz CT molecular complexity index is 1000. The summed E-state index contributed by atoms with van der Waals surface area (Å²) >= 11 is 12.2. The molecule has 0 aromatic heterocycles. The highest BCUT2D eigenvalue weighted by atomic mass is 35.5. The summed E-state index contributed by atoms with van der Waals surface area (Å²) in [4.78, 5) is 27.6. The highest BCUT2D eigenvalue weighted by molar-refractivity contribution is 6.43. The molecule has 0 unspecified atom stereocenters. The second-order valence-corrected chi connectivity index (χ2v) is 8.00. The summed E-state index contributed by atoms with van der Waals surface area (Å²) in [6.45, 7) is 0. The van der Waals surface area contributed by atoms with Gasteiger partial charge < -0.3 is 5.73 Å². The molecule has 0 spiro atoms. The summed E-state index contributed by atoms with van der Waals surface area (Å²) in [5.41, 5.74) is 7.87. The fourth-order valence-electron chi connectivity index (χ4n) is 3.76. The van der Waals surface area contributed by atoms with Crippen molar-refractivity contribution in [2.45, 2.75) is 18.5 Å². The van der Waals surface area contributed by atoms with Crippen LogP contribution in [-0.2, 0) is 12.8 Å². The van der Waals surface area contributed by atoms with E-state index in [-0.39, 0.29) is 21.2 Å². The molecule has 4 rings (SSSR count). The van der Waals surface area contributed by atoms with Crippen LogP contribution in [0.5, 0.6) is 0 Å². The molecule has 1 aliphatic rings. The van der Waals surface area contributed by atoms with E-state index in [1.807, 2.05) is 60.7 Å². The molecule has 4 nitrogen and oxygen atoms in total. The lowest BCUT2D eigenvalue weighted by Crippen LogP contribution is -2.61. The third-order valence-corrected chi connectivity index (χ3v) is 5.80. The van der Waals surface area contributed by atoms with Crippen molar-refractivity contribution in [1.82, 2.24) is 4.90 Å². The number of halogens is 2. The van der Waals surface area contributed by atoms with Crippen LogP contribution in [0.25, 0.3) is 0 Å². The fraction of sp³-hybridized carbons (Fsp3) is 0.130. The highest BCUT2D eigenvalue weighted by Gasteiger charge is 2.47. The molecule has 0 saturated heterocycles. The first-order valence-corrected chi connectivity index (χ1v) is 9.89. The van der Waals surface area contributed by atoms with Gasteiger partial charge in [-0.2, -0.15) is 0 Å². The molecule has 0 bridgehead atoms. The number of nitrogens with two attached hydrogens (primary N) is 1. The molecular weight excluding hydrogens is 407 g/mol. The summed E-state index contributed by atoms with van der Waals surface area (Å²) in [6, 6.07) is 22.0. The van der Waals surface area contributed by atoms with Crippen LogP contribution in [0.4, 0.5) is 0 Å². The molecule has 1 aliphatic heterocycles. The molecule has 3 aromatic rings. The van der Waals surface area contributed by atoms with Crippen LogP contribution in [0.2, 0.25) is 10.0 Å². The minimum absolute atomic E-state index is 0.223. The SMILES string of the molecule is NC(Cc1ccccc1)(Cc1ccccc1)N1C(=O)c2cc(Cl)c(Cl)cc2C1=O. The normalized spacial score (nSPS) is 13.7. The first-order chi connectivity index (χ1) is 13.9. The van der Waals surface area contributed by atoms with E-state index in [1.54, 1.807) is 0 Å². The average molecular weight is 425 g/mol. The van der Waals surface area contributed by atoms with Gasteiger partial charge in [0.05, 0.1) is 21.2 Å². The van der Waals surface area contributed by atoms with Crippen molar-refractivity contribution in [1.29, 1.82) is 0 Å². The lowest BCUT2D eigenvalue weighted by molar-refractivity contribution is 0.0427. The van der Waals surface area contributed by atoms with E-state index in [1.165, 1.54) is 12.1 Å². The second-order valence-electron chi connectivity index (χ2n) is 7.19. The van der Waals surface area contributed by atoms with Crippen molar-refractivity contribution in [2.24, 2.45) is 5.73 Å². The van der Waals surface area contributed by atoms with E-state index in [9.17, 15) is 9.59 Å². The third kappa shape index (κ3) is 3.67. The van der Waals surface area contributed by atoms with Gasteiger partial charge in [-0.25, -0.2) is 0 Å². The summed E-state index contributed by atoms with van der Waals surface area (Å²) in [7, 11) is 0. The van der Waals surface area contributed by atoms with Crippen molar-refractivity contribution in [3.8, 4) is 0 Å². The van der Waals surface area contributed by atoms with Crippen LogP contribution in [0.15, 0.2) is 72.8 Å². The number of amides is 2. The van der Waals surface area contributed by atoms with Crippen LogP contribution < -0.4 is 5.73 Å². The zero-order valence-electron chi connectivity index (χ0n) is 15.4. The Morgan fingerprint density at radius 3 is 1.48 bits per heavy atom. The standard InChI is InChI=1S/C23H18Cl2N2O2/c24-19-11-17-18(12-20(19)25)22(29)27(21(17)28)23(26,13-15-7-3-1-4-8-15)14-16-9-5-2-6-10-16/h1-12H,13-14,26H2. The summed E-state index contributed by atoms with van der Waals surface area (Å²) in [6.07, 6.45) is 0.630. The molecular formula is C23H18Cl2N2O2. The highest BCUT2D eigenvalue weighted by Crippen LogP contribution is 2.35. The maximum atomic E-state index is 13.2. The summed E-state index contributed by atoms with van der Waals surface area (Å²) in [5.74, 6) is -0.921. The number of benzene rings is 3. The topological polar surface area (TPSA) is 63.4 Å². The fourth-order valence-corrected chi connectivity index (χ4v) is 4.08. The molecule has 0 radical (unpaired) electrons. The maximum absolute atomic E-state index is 13.2. The minimum atomic E-state index is -1.26. The van der Waals surface area contributed by atoms with Crippen LogP contribution in [0.3, 0.4) is 0 Å². The lowest BCUT2D eigenvalue weighted by atomic mass is 9.91. The molecule has 146 valence electrons. The molecule has 0 atom stereocenters. The number of hydrogen-bond donors (Lipinski definition) is 1. The first-order valence-electron chi connectivity index (χ1n) is 9.14. The Morgan fingerprint density at radius 1 is 0.724 bits per heavy atom. The van der Waals surface area contributed by atoms with E-state index in [0.717, 1.165) is 16.0 Å². The van der Waals surface area contributed by atoms with Gasteiger partial charge in [0.15, 0.2) is 0 Å². The Kier molecular flexibility index (Phi) is 5.17. The smallest absolute Gasteiger partial charge is 0.263 e. The van der Waals surface area contributed by atoms with Crippen LogP contribution >= 0.6 is 23.2 Å². The number of nitrogens with zero attached hydrogens (tertiary/aromatic N) is 1. The van der Waals surface area contributed by atoms with Crippen molar-refractivity contribution in [3.05, 3.63) is 105 Å². The second kappa shape index (κ2) is 7.64. The molecule has 0 fully saturated rings. The van der Waals surface area contributed by atoms with Crippen LogP contribution in [0, 0.1) is 0 Å². The quantitative estimate of drug-likeness (QED) is 0.602. The number of rotatable bonds is 5. The molecule has 6 heteroatoms. The van der Waals surface area contributed by atoms with Crippen molar-refractivity contribution >= 4 is 35.0 Å². The Labute approximate surface area is 178 Å². The van der Waals surface area contributed by atoms with Gasteiger partial charge in [0, 0.05) is 12.8 Å². The number of hydrogen-bond acceptors (Lipinski definition) is 3. The number of carbonyl (C=O) groups excluding carboxylic acids is 2. The molecule has 2 amide bonds. The lowest BCUT2D eigenvalue weighted by Gasteiger charge is -2.37. The van der Waals surface area contributed by atoms with Gasteiger partial charge in [0.1, 0.15) is 5.66 Å². The van der Waals surface area contributed by atoms with Gasteiger partial charge in [-0.05, 0) is 23.3 Å². The monoisotopic (exact) mass is 424 g/mol. The van der Waals surface area contributed by atoms with Crippen molar-refractivity contribution in [2.75, 3.05) is 0 Å². The first kappa shape index (κ1) is 19.6. The van der Waals surface area contributed by atoms with Gasteiger partial charge in [-0.15, -0.1) is 0 Å². The van der Waals surface area contributed by atoms with Gasteiger partial charge in [-0.3, -0.25) is 14.5 Å². The number of imide groups is 1. The molecule has 0 aliphatic carbocycles. The predicted octanol–water partition coefficient (Wildman–Crippen LogP) is 4.73. The minimum Gasteiger partial charge on any atom is -0.308 e. The Hall–Kier alpha value is -2.66. The molecule has 2 N–H and O–H groups in total. The Balaban J connectivity index is 1.78. The van der Waals surface area contributed by atoms with Gasteiger partial charge >= 0.3 is 0 Å². The molecule has 29 heavy (non-hydrogen) atoms. The van der Waals surface area contributed by atoms with E-state index in [4.69, 9.17) is 28.9 Å². The van der Waals surface area contributed by atoms with E-state index < -0.39 is 17.5 Å². The Morgan fingerprint density at radius 2 is 1.10 bits per heavy atom. The zero-order chi connectivity index (χ0) is 20.6. The third-order valence-electron chi connectivity index (χ3n) is 5.08. The van der Waals surface area contributed by atoms with Crippen molar-refractivity contribution in [3.63, 3.8) is 0 Å². The predicted molar refractivity (Wildman–Crippen MR) is 114 cm³/mol. The maximum Gasteiger partial charge on any atom is 0.263 e. The largest absolute Gasteiger partial charge is 0.308 e. The molecule has 0 saturated carbocycles. The van der Waals surface area contributed by atoms with Crippen LogP contribution in [0.1, 0.15) is 31.8 Å². The zero-order valence-corrected chi connectivity index (χ0v) is 17.0. The van der Waals surface area contributed by atoms with E-state index >= 15 is 0 Å². The van der Waals surface area contributed by atoms with Gasteiger partial charge in [-0.1, -0.05) is 83.9 Å².